The number of benzene rings is 1. The zero-order chi connectivity index (χ0) is 16.7. The summed E-state index contributed by atoms with van der Waals surface area (Å²) in [6.45, 7) is 4.60. The molecule has 1 aromatic carbocycles. The molecule has 0 aliphatic carbocycles. The molecule has 0 saturated heterocycles. The topological polar surface area (TPSA) is 54.0 Å². The summed E-state index contributed by atoms with van der Waals surface area (Å²) in [5.74, 6) is 0.632. The molecule has 1 aromatic heterocycles. The van der Waals surface area contributed by atoms with E-state index in [1.165, 1.54) is 6.07 Å². The lowest BCUT2D eigenvalue weighted by Crippen LogP contribution is -2.14. The summed E-state index contributed by atoms with van der Waals surface area (Å²) < 4.78 is 13.5. The van der Waals surface area contributed by atoms with Crippen LogP contribution in [-0.4, -0.2) is 17.4 Å². The first-order chi connectivity index (χ1) is 11.0. The Hall–Kier alpha value is -2.43. The van der Waals surface area contributed by atoms with Crippen LogP contribution in [0.3, 0.4) is 0 Å². The Balaban J connectivity index is 1.81. The lowest BCUT2D eigenvalue weighted by molar-refractivity contribution is -0.116. The Morgan fingerprint density at radius 3 is 2.65 bits per heavy atom. The number of halogens is 1. The number of carbonyl (C=O) groups is 1. The third kappa shape index (κ3) is 5.70. The SMILES string of the molecule is CC(C)CC(=O)Nc1ccc(NCCc2ccccc2F)cn1. The van der Waals surface area contributed by atoms with Crippen LogP contribution in [0.5, 0.6) is 0 Å². The van der Waals surface area contributed by atoms with Gasteiger partial charge in [-0.05, 0) is 36.1 Å². The Kier molecular flexibility index (Phi) is 6.09. The number of amides is 1. The number of anilines is 2. The summed E-state index contributed by atoms with van der Waals surface area (Å²) in [6.07, 6.45) is 2.73. The van der Waals surface area contributed by atoms with Gasteiger partial charge in [-0.3, -0.25) is 4.79 Å². The molecule has 0 saturated carbocycles. The quantitative estimate of drug-likeness (QED) is 0.816. The van der Waals surface area contributed by atoms with Crippen molar-refractivity contribution in [1.82, 2.24) is 4.98 Å². The van der Waals surface area contributed by atoms with Crippen molar-refractivity contribution in [2.75, 3.05) is 17.2 Å². The van der Waals surface area contributed by atoms with E-state index >= 15 is 0 Å². The van der Waals surface area contributed by atoms with Gasteiger partial charge in [-0.15, -0.1) is 0 Å². The zero-order valence-electron chi connectivity index (χ0n) is 13.5. The van der Waals surface area contributed by atoms with Crippen LogP contribution in [0.25, 0.3) is 0 Å². The molecule has 0 atom stereocenters. The molecule has 1 heterocycles. The van der Waals surface area contributed by atoms with Gasteiger partial charge in [-0.2, -0.15) is 0 Å². The van der Waals surface area contributed by atoms with Crippen molar-refractivity contribution >= 4 is 17.4 Å². The summed E-state index contributed by atoms with van der Waals surface area (Å²) in [4.78, 5) is 15.9. The van der Waals surface area contributed by atoms with Gasteiger partial charge in [-0.1, -0.05) is 32.0 Å². The van der Waals surface area contributed by atoms with Crippen molar-refractivity contribution in [3.05, 3.63) is 54.0 Å². The second-order valence-electron chi connectivity index (χ2n) is 5.85. The van der Waals surface area contributed by atoms with Crippen LogP contribution in [0, 0.1) is 11.7 Å². The highest BCUT2D eigenvalue weighted by atomic mass is 19.1. The van der Waals surface area contributed by atoms with Crippen molar-refractivity contribution in [1.29, 1.82) is 0 Å². The van der Waals surface area contributed by atoms with Gasteiger partial charge in [0.1, 0.15) is 11.6 Å². The van der Waals surface area contributed by atoms with Crippen LogP contribution in [0.4, 0.5) is 15.9 Å². The van der Waals surface area contributed by atoms with E-state index in [0.717, 1.165) is 5.69 Å². The molecular weight excluding hydrogens is 293 g/mol. The predicted octanol–water partition coefficient (Wildman–Crippen LogP) is 3.86. The van der Waals surface area contributed by atoms with Gasteiger partial charge in [-0.25, -0.2) is 9.37 Å². The molecule has 122 valence electrons. The van der Waals surface area contributed by atoms with Gasteiger partial charge in [0.05, 0.1) is 11.9 Å². The molecule has 0 spiro atoms. The Morgan fingerprint density at radius 1 is 1.22 bits per heavy atom. The van der Waals surface area contributed by atoms with E-state index in [1.807, 2.05) is 26.0 Å². The summed E-state index contributed by atoms with van der Waals surface area (Å²) in [7, 11) is 0. The van der Waals surface area contributed by atoms with E-state index in [-0.39, 0.29) is 11.7 Å². The Bertz CT molecular complexity index is 641. The van der Waals surface area contributed by atoms with Gasteiger partial charge in [0.15, 0.2) is 0 Å². The molecular formula is C18H22FN3O. The smallest absolute Gasteiger partial charge is 0.225 e. The standard InChI is InChI=1S/C18H22FN3O/c1-13(2)11-18(23)22-17-8-7-15(12-21-17)20-10-9-14-5-3-4-6-16(14)19/h3-8,12-13,20H,9-11H2,1-2H3,(H,21,22,23). The minimum absolute atomic E-state index is 0.0345. The van der Waals surface area contributed by atoms with Crippen LogP contribution < -0.4 is 10.6 Å². The number of pyridine rings is 1. The molecule has 2 N–H and O–H groups in total. The third-order valence-electron chi connectivity index (χ3n) is 3.31. The van der Waals surface area contributed by atoms with Gasteiger partial charge in [0.2, 0.25) is 5.91 Å². The van der Waals surface area contributed by atoms with E-state index in [4.69, 9.17) is 0 Å². The molecule has 2 rings (SSSR count). The van der Waals surface area contributed by atoms with E-state index < -0.39 is 0 Å². The van der Waals surface area contributed by atoms with Gasteiger partial charge >= 0.3 is 0 Å². The molecule has 2 aromatic rings. The first kappa shape index (κ1) is 16.9. The molecule has 0 radical (unpaired) electrons. The molecule has 23 heavy (non-hydrogen) atoms. The average molecular weight is 315 g/mol. The summed E-state index contributed by atoms with van der Waals surface area (Å²) >= 11 is 0. The number of nitrogens with one attached hydrogen (secondary N) is 2. The van der Waals surface area contributed by atoms with Crippen LogP contribution >= 0.6 is 0 Å². The van der Waals surface area contributed by atoms with Crippen LogP contribution in [-0.2, 0) is 11.2 Å². The fourth-order valence-corrected chi connectivity index (χ4v) is 2.18. The molecule has 0 unspecified atom stereocenters. The number of hydrogen-bond donors (Lipinski definition) is 2. The molecule has 0 bridgehead atoms. The highest BCUT2D eigenvalue weighted by Gasteiger charge is 2.06. The zero-order valence-corrected chi connectivity index (χ0v) is 13.5. The van der Waals surface area contributed by atoms with Crippen molar-refractivity contribution in [2.45, 2.75) is 26.7 Å². The highest BCUT2D eigenvalue weighted by Crippen LogP contribution is 2.12. The predicted molar refractivity (Wildman–Crippen MR) is 90.9 cm³/mol. The number of carbonyl (C=O) groups excluding carboxylic acids is 1. The molecule has 0 fully saturated rings. The third-order valence-corrected chi connectivity index (χ3v) is 3.31. The van der Waals surface area contributed by atoms with E-state index in [2.05, 4.69) is 15.6 Å². The Morgan fingerprint density at radius 2 is 2.00 bits per heavy atom. The van der Waals surface area contributed by atoms with E-state index in [1.54, 1.807) is 24.4 Å². The normalized spacial score (nSPS) is 10.6. The minimum Gasteiger partial charge on any atom is -0.383 e. The number of hydrogen-bond acceptors (Lipinski definition) is 3. The second-order valence-corrected chi connectivity index (χ2v) is 5.85. The Labute approximate surface area is 136 Å². The number of nitrogens with zero attached hydrogens (tertiary/aromatic N) is 1. The van der Waals surface area contributed by atoms with Crippen LogP contribution in [0.15, 0.2) is 42.6 Å². The number of aromatic nitrogens is 1. The van der Waals surface area contributed by atoms with Gasteiger partial charge < -0.3 is 10.6 Å². The molecule has 1 amide bonds. The maximum atomic E-state index is 13.5. The first-order valence-corrected chi connectivity index (χ1v) is 7.78. The van der Waals surface area contributed by atoms with Crippen molar-refractivity contribution < 1.29 is 9.18 Å². The van der Waals surface area contributed by atoms with Crippen molar-refractivity contribution in [3.63, 3.8) is 0 Å². The molecule has 0 aliphatic rings. The van der Waals surface area contributed by atoms with Crippen LogP contribution in [0.1, 0.15) is 25.8 Å². The van der Waals surface area contributed by atoms with Gasteiger partial charge in [0, 0.05) is 13.0 Å². The monoisotopic (exact) mass is 315 g/mol. The summed E-state index contributed by atoms with van der Waals surface area (Å²) in [6, 6.07) is 10.4. The van der Waals surface area contributed by atoms with Crippen molar-refractivity contribution in [2.24, 2.45) is 5.92 Å². The fourth-order valence-electron chi connectivity index (χ4n) is 2.18. The summed E-state index contributed by atoms with van der Waals surface area (Å²) in [5.41, 5.74) is 1.52. The maximum absolute atomic E-state index is 13.5. The largest absolute Gasteiger partial charge is 0.383 e. The van der Waals surface area contributed by atoms with E-state index in [0.29, 0.717) is 36.7 Å². The van der Waals surface area contributed by atoms with E-state index in [9.17, 15) is 9.18 Å². The number of rotatable bonds is 7. The van der Waals surface area contributed by atoms with Crippen molar-refractivity contribution in [3.8, 4) is 0 Å². The van der Waals surface area contributed by atoms with Gasteiger partial charge in [0.25, 0.3) is 0 Å². The lowest BCUT2D eigenvalue weighted by Gasteiger charge is -2.09. The highest BCUT2D eigenvalue weighted by molar-refractivity contribution is 5.89. The maximum Gasteiger partial charge on any atom is 0.225 e. The minimum atomic E-state index is -0.185. The molecule has 4 nitrogen and oxygen atoms in total. The average Bonchev–Trinajstić information content (AvgIpc) is 2.50. The molecule has 5 heteroatoms. The summed E-state index contributed by atoms with van der Waals surface area (Å²) in [5, 5.41) is 5.95. The van der Waals surface area contributed by atoms with Crippen LogP contribution in [0.2, 0.25) is 0 Å². The lowest BCUT2D eigenvalue weighted by atomic mass is 10.1. The molecule has 0 aliphatic heterocycles. The fraction of sp³-hybridized carbons (Fsp3) is 0.333. The first-order valence-electron chi connectivity index (χ1n) is 7.78. The second kappa shape index (κ2) is 8.27.